The van der Waals surface area contributed by atoms with E-state index in [1.807, 2.05) is 0 Å². The molecule has 0 heterocycles. The van der Waals surface area contributed by atoms with Gasteiger partial charge < -0.3 is 24.3 Å². The zero-order valence-corrected chi connectivity index (χ0v) is 18.1. The zero-order valence-electron chi connectivity index (χ0n) is 18.1. The predicted octanol–water partition coefficient (Wildman–Crippen LogP) is 3.13. The minimum Gasteiger partial charge on any atom is -0.493 e. The van der Waals surface area contributed by atoms with Gasteiger partial charge in [0, 0.05) is 12.5 Å². The molecule has 1 amide bonds. The summed E-state index contributed by atoms with van der Waals surface area (Å²) in [6, 6.07) is 3.75. The number of carbonyl (C=O) groups excluding carboxylic acids is 2. The lowest BCUT2D eigenvalue weighted by Crippen LogP contribution is -2.45. The van der Waals surface area contributed by atoms with Crippen LogP contribution in [0.25, 0.3) is 0 Å². The minimum atomic E-state index is -0.418. The van der Waals surface area contributed by atoms with E-state index in [2.05, 4.69) is 19.2 Å². The van der Waals surface area contributed by atoms with Crippen LogP contribution < -0.4 is 19.5 Å². The number of nitrogens with one attached hydrogen (secondary N) is 1. The van der Waals surface area contributed by atoms with Crippen LogP contribution in [0.3, 0.4) is 0 Å². The third kappa shape index (κ3) is 6.27. The standard InChI is InChI=1S/C22H33NO6/c1-14-7-6-8-17(15(14)2)23-20(24)13-29-21(25)10-9-16-11-18(26-3)22(28-5)19(12-16)27-4/h11-12,14-15,17H,6-10,13H2,1-5H3,(H,23,24)/t14-,15-,17+/m0/s1. The first kappa shape index (κ1) is 22.8. The Kier molecular flexibility index (Phi) is 8.61. The molecule has 0 spiro atoms. The summed E-state index contributed by atoms with van der Waals surface area (Å²) in [5, 5.41) is 3.01. The second-order valence-electron chi connectivity index (χ2n) is 7.64. The van der Waals surface area contributed by atoms with Crippen LogP contribution >= 0.6 is 0 Å². The van der Waals surface area contributed by atoms with Crippen molar-refractivity contribution in [1.29, 1.82) is 0 Å². The predicted molar refractivity (Wildman–Crippen MR) is 109 cm³/mol. The van der Waals surface area contributed by atoms with Crippen molar-refractivity contribution in [2.45, 2.75) is 52.0 Å². The molecule has 1 aliphatic rings. The van der Waals surface area contributed by atoms with Gasteiger partial charge in [-0.1, -0.05) is 26.7 Å². The van der Waals surface area contributed by atoms with Crippen LogP contribution in [0.2, 0.25) is 0 Å². The van der Waals surface area contributed by atoms with Gasteiger partial charge in [-0.15, -0.1) is 0 Å². The number of ether oxygens (including phenoxy) is 4. The van der Waals surface area contributed by atoms with E-state index >= 15 is 0 Å². The van der Waals surface area contributed by atoms with Gasteiger partial charge in [-0.25, -0.2) is 0 Å². The van der Waals surface area contributed by atoms with Gasteiger partial charge in [0.25, 0.3) is 5.91 Å². The normalized spacial score (nSPS) is 21.2. The first-order valence-electron chi connectivity index (χ1n) is 10.1. The molecular formula is C22H33NO6. The van der Waals surface area contributed by atoms with Crippen LogP contribution in [0.15, 0.2) is 12.1 Å². The second-order valence-corrected chi connectivity index (χ2v) is 7.64. The molecule has 0 aliphatic heterocycles. The number of methoxy groups -OCH3 is 3. The molecule has 7 nitrogen and oxygen atoms in total. The second kappa shape index (κ2) is 10.9. The lowest BCUT2D eigenvalue weighted by Gasteiger charge is -2.34. The Morgan fingerprint density at radius 3 is 2.28 bits per heavy atom. The molecule has 1 N–H and O–H groups in total. The van der Waals surface area contributed by atoms with E-state index in [9.17, 15) is 9.59 Å². The molecule has 1 fully saturated rings. The number of hydrogen-bond acceptors (Lipinski definition) is 6. The molecule has 1 saturated carbocycles. The highest BCUT2D eigenvalue weighted by molar-refractivity contribution is 5.80. The fourth-order valence-corrected chi connectivity index (χ4v) is 3.78. The Bertz CT molecular complexity index is 680. The molecule has 0 bridgehead atoms. The summed E-state index contributed by atoms with van der Waals surface area (Å²) in [6.45, 7) is 4.13. The van der Waals surface area contributed by atoms with Crippen LogP contribution in [0.4, 0.5) is 0 Å². The van der Waals surface area contributed by atoms with Crippen LogP contribution in [-0.4, -0.2) is 45.9 Å². The molecule has 7 heteroatoms. The summed E-state index contributed by atoms with van der Waals surface area (Å²) in [4.78, 5) is 24.2. The third-order valence-corrected chi connectivity index (χ3v) is 5.76. The van der Waals surface area contributed by atoms with Crippen molar-refractivity contribution in [3.63, 3.8) is 0 Å². The molecule has 0 aromatic heterocycles. The van der Waals surface area contributed by atoms with Crippen molar-refractivity contribution >= 4 is 11.9 Å². The Balaban J connectivity index is 1.82. The van der Waals surface area contributed by atoms with Gasteiger partial charge in [-0.3, -0.25) is 9.59 Å². The van der Waals surface area contributed by atoms with Crippen molar-refractivity contribution in [3.05, 3.63) is 17.7 Å². The van der Waals surface area contributed by atoms with Crippen molar-refractivity contribution in [3.8, 4) is 17.2 Å². The zero-order chi connectivity index (χ0) is 21.4. The van der Waals surface area contributed by atoms with Crippen LogP contribution in [-0.2, 0) is 20.7 Å². The average molecular weight is 408 g/mol. The summed E-state index contributed by atoms with van der Waals surface area (Å²) in [6.07, 6.45) is 3.89. The van der Waals surface area contributed by atoms with E-state index in [1.54, 1.807) is 26.4 Å². The van der Waals surface area contributed by atoms with Crippen LogP contribution in [0, 0.1) is 11.8 Å². The SMILES string of the molecule is COc1cc(CCC(=O)OCC(=O)N[C@@H]2CCC[C@H](C)[C@@H]2C)cc(OC)c1OC. The van der Waals surface area contributed by atoms with Crippen LogP contribution in [0.5, 0.6) is 17.2 Å². The van der Waals surface area contributed by atoms with E-state index in [-0.39, 0.29) is 25.0 Å². The average Bonchev–Trinajstić information content (AvgIpc) is 2.73. The van der Waals surface area contributed by atoms with Gasteiger partial charge in [0.05, 0.1) is 21.3 Å². The highest BCUT2D eigenvalue weighted by atomic mass is 16.5. The molecule has 1 aliphatic carbocycles. The number of carbonyl (C=O) groups is 2. The number of rotatable bonds is 9. The number of esters is 1. The maximum absolute atomic E-state index is 12.1. The van der Waals surface area contributed by atoms with Crippen molar-refractivity contribution in [2.24, 2.45) is 11.8 Å². The first-order valence-corrected chi connectivity index (χ1v) is 10.1. The monoisotopic (exact) mass is 407 g/mol. The minimum absolute atomic E-state index is 0.156. The van der Waals surface area contributed by atoms with E-state index in [1.165, 1.54) is 13.5 Å². The highest BCUT2D eigenvalue weighted by Crippen LogP contribution is 2.38. The Labute approximate surface area is 173 Å². The van der Waals surface area contributed by atoms with Crippen molar-refractivity contribution in [2.75, 3.05) is 27.9 Å². The molecule has 0 radical (unpaired) electrons. The quantitative estimate of drug-likeness (QED) is 0.633. The van der Waals surface area contributed by atoms with Gasteiger partial charge >= 0.3 is 5.97 Å². The maximum Gasteiger partial charge on any atom is 0.306 e. The molecule has 29 heavy (non-hydrogen) atoms. The van der Waals surface area contributed by atoms with E-state index < -0.39 is 5.97 Å². The van der Waals surface area contributed by atoms with E-state index in [0.717, 1.165) is 18.4 Å². The summed E-state index contributed by atoms with van der Waals surface area (Å²) < 4.78 is 21.1. The molecule has 162 valence electrons. The molecule has 2 rings (SSSR count). The van der Waals surface area contributed by atoms with Gasteiger partial charge in [-0.05, 0) is 42.4 Å². The first-order chi connectivity index (χ1) is 13.9. The van der Waals surface area contributed by atoms with Gasteiger partial charge in [0.1, 0.15) is 0 Å². The largest absolute Gasteiger partial charge is 0.493 e. The topological polar surface area (TPSA) is 83.1 Å². The van der Waals surface area contributed by atoms with Crippen molar-refractivity contribution < 1.29 is 28.5 Å². The van der Waals surface area contributed by atoms with Gasteiger partial charge in [-0.2, -0.15) is 0 Å². The van der Waals surface area contributed by atoms with Gasteiger partial charge in [0.2, 0.25) is 5.75 Å². The summed E-state index contributed by atoms with van der Waals surface area (Å²) in [5.74, 6) is 1.94. The highest BCUT2D eigenvalue weighted by Gasteiger charge is 2.28. The number of hydrogen-bond donors (Lipinski definition) is 1. The molecular weight excluding hydrogens is 374 g/mol. The molecule has 1 aromatic carbocycles. The summed E-state index contributed by atoms with van der Waals surface area (Å²) in [5.41, 5.74) is 0.853. The smallest absolute Gasteiger partial charge is 0.306 e. The number of benzene rings is 1. The number of amides is 1. The van der Waals surface area contributed by atoms with Gasteiger partial charge in [0.15, 0.2) is 18.1 Å². The lowest BCUT2D eigenvalue weighted by atomic mass is 9.78. The molecule has 3 atom stereocenters. The Morgan fingerprint density at radius 1 is 1.03 bits per heavy atom. The third-order valence-electron chi connectivity index (χ3n) is 5.76. The Hall–Kier alpha value is -2.44. The van der Waals surface area contributed by atoms with Crippen LogP contribution in [0.1, 0.15) is 45.1 Å². The molecule has 0 saturated heterocycles. The lowest BCUT2D eigenvalue weighted by molar-refractivity contribution is -0.148. The molecule has 1 aromatic rings. The fourth-order valence-electron chi connectivity index (χ4n) is 3.78. The van der Waals surface area contributed by atoms with E-state index in [4.69, 9.17) is 18.9 Å². The Morgan fingerprint density at radius 2 is 1.69 bits per heavy atom. The maximum atomic E-state index is 12.1. The summed E-state index contributed by atoms with van der Waals surface area (Å²) in [7, 11) is 4.63. The summed E-state index contributed by atoms with van der Waals surface area (Å²) >= 11 is 0. The fraction of sp³-hybridized carbons (Fsp3) is 0.636. The van der Waals surface area contributed by atoms with E-state index in [0.29, 0.717) is 35.5 Å². The molecule has 0 unspecified atom stereocenters. The number of aryl methyl sites for hydroxylation is 1. The van der Waals surface area contributed by atoms with Crippen molar-refractivity contribution in [1.82, 2.24) is 5.32 Å².